The van der Waals surface area contributed by atoms with Crippen molar-refractivity contribution in [2.45, 2.75) is 56.5 Å². The van der Waals surface area contributed by atoms with Crippen molar-refractivity contribution in [3.8, 4) is 0 Å². The van der Waals surface area contributed by atoms with Crippen LogP contribution in [0.15, 0.2) is 30.3 Å². The molecule has 3 heterocycles. The maximum atomic E-state index is 6.47. The van der Waals surface area contributed by atoms with Crippen LogP contribution >= 0.6 is 0 Å². The Labute approximate surface area is 131 Å². The van der Waals surface area contributed by atoms with Gasteiger partial charge >= 0.3 is 0 Å². The second-order valence-corrected chi connectivity index (χ2v) is 7.93. The molecule has 3 saturated heterocycles. The van der Waals surface area contributed by atoms with Crippen LogP contribution in [0, 0.1) is 5.92 Å². The summed E-state index contributed by atoms with van der Waals surface area (Å²) in [5.74, 6) is -0.0978. The highest BCUT2D eigenvalue weighted by Crippen LogP contribution is 2.66. The first-order chi connectivity index (χ1) is 10.4. The molecule has 0 unspecified atom stereocenters. The monoisotopic (exact) mass is 301 g/mol. The second-order valence-electron chi connectivity index (χ2n) is 7.93. The van der Waals surface area contributed by atoms with Gasteiger partial charge in [0.05, 0.1) is 0 Å². The fraction of sp³-hybridized carbons (Fsp3) is 0.667. The van der Waals surface area contributed by atoms with Crippen LogP contribution in [0.4, 0.5) is 0 Å². The number of epoxide rings is 1. The number of likely N-dealkylation sites (tertiary alicyclic amines) is 1. The third-order valence-corrected chi connectivity index (χ3v) is 5.93. The summed E-state index contributed by atoms with van der Waals surface area (Å²) in [6.07, 6.45) is 0.302. The summed E-state index contributed by atoms with van der Waals surface area (Å²) in [4.78, 5) is 2.50. The van der Waals surface area contributed by atoms with Crippen molar-refractivity contribution in [1.82, 2.24) is 4.90 Å². The first kappa shape index (κ1) is 13.5. The van der Waals surface area contributed by atoms with Crippen LogP contribution in [0.3, 0.4) is 0 Å². The van der Waals surface area contributed by atoms with Gasteiger partial charge < -0.3 is 14.2 Å². The first-order valence-electron chi connectivity index (χ1n) is 8.25. The number of ether oxygens (including phenoxy) is 3. The Balaban J connectivity index is 1.44. The molecule has 118 valence electrons. The van der Waals surface area contributed by atoms with Gasteiger partial charge in [0.1, 0.15) is 23.4 Å². The average Bonchev–Trinajstić information content (AvgIpc) is 2.79. The number of fused-ring (bicyclic) bond motifs is 3. The minimum atomic E-state index is -0.501. The molecule has 5 atom stereocenters. The summed E-state index contributed by atoms with van der Waals surface area (Å²) in [5, 5.41) is 0. The lowest BCUT2D eigenvalue weighted by Crippen LogP contribution is -2.47. The van der Waals surface area contributed by atoms with Gasteiger partial charge in [-0.3, -0.25) is 4.90 Å². The lowest BCUT2D eigenvalue weighted by Gasteiger charge is -2.31. The maximum Gasteiger partial charge on any atom is 0.164 e. The van der Waals surface area contributed by atoms with E-state index in [4.69, 9.17) is 14.2 Å². The molecule has 4 fully saturated rings. The topological polar surface area (TPSA) is 34.2 Å². The highest BCUT2D eigenvalue weighted by molar-refractivity contribution is 5.31. The predicted octanol–water partition coefficient (Wildman–Crippen LogP) is 2.18. The third-order valence-electron chi connectivity index (χ3n) is 5.93. The van der Waals surface area contributed by atoms with Crippen LogP contribution < -0.4 is 0 Å². The molecule has 1 spiro atoms. The standard InChI is InChI=1S/C18H23NO3/c1-16(2)20-15-14-17(3,21-14)13-10-19(11-18(13,15)22-16)9-12-7-5-4-6-8-12/h4-8,13-15H,9-11H2,1-3H3/t13-,14+,15-,17-,18+/m0/s1. The van der Waals surface area contributed by atoms with Crippen molar-refractivity contribution in [1.29, 1.82) is 0 Å². The molecule has 1 aliphatic carbocycles. The number of benzene rings is 1. The summed E-state index contributed by atoms with van der Waals surface area (Å²) in [6, 6.07) is 10.7. The lowest BCUT2D eigenvalue weighted by atomic mass is 9.87. The van der Waals surface area contributed by atoms with Crippen LogP contribution in [0.1, 0.15) is 26.3 Å². The Hall–Kier alpha value is -0.940. The van der Waals surface area contributed by atoms with Crippen molar-refractivity contribution in [3.05, 3.63) is 35.9 Å². The smallest absolute Gasteiger partial charge is 0.164 e. The van der Waals surface area contributed by atoms with E-state index in [1.165, 1.54) is 5.56 Å². The molecule has 1 saturated carbocycles. The van der Waals surface area contributed by atoms with E-state index >= 15 is 0 Å². The molecule has 3 aliphatic heterocycles. The zero-order valence-electron chi connectivity index (χ0n) is 13.4. The number of hydrogen-bond acceptors (Lipinski definition) is 4. The number of rotatable bonds is 2. The normalized spacial score (nSPS) is 48.0. The van der Waals surface area contributed by atoms with Gasteiger partial charge in [0.2, 0.25) is 0 Å². The van der Waals surface area contributed by atoms with Gasteiger partial charge in [0.15, 0.2) is 5.79 Å². The van der Waals surface area contributed by atoms with E-state index in [1.54, 1.807) is 0 Å². The van der Waals surface area contributed by atoms with Gasteiger partial charge in [0.25, 0.3) is 0 Å². The summed E-state index contributed by atoms with van der Waals surface area (Å²) >= 11 is 0. The number of hydrogen-bond donors (Lipinski definition) is 0. The van der Waals surface area contributed by atoms with E-state index in [1.807, 2.05) is 13.8 Å². The molecular formula is C18H23NO3. The Bertz CT molecular complexity index is 618. The molecule has 0 bridgehead atoms. The Morgan fingerprint density at radius 2 is 1.86 bits per heavy atom. The van der Waals surface area contributed by atoms with Gasteiger partial charge in [-0.15, -0.1) is 0 Å². The van der Waals surface area contributed by atoms with Crippen molar-refractivity contribution in [3.63, 3.8) is 0 Å². The molecule has 4 aliphatic rings. The third kappa shape index (κ3) is 1.61. The van der Waals surface area contributed by atoms with E-state index in [0.29, 0.717) is 5.92 Å². The minimum Gasteiger partial charge on any atom is -0.363 e. The summed E-state index contributed by atoms with van der Waals surface area (Å²) in [6.45, 7) is 9.21. The fourth-order valence-electron chi connectivity index (χ4n) is 5.10. The maximum absolute atomic E-state index is 6.47. The molecule has 0 amide bonds. The van der Waals surface area contributed by atoms with Crippen molar-refractivity contribution >= 4 is 0 Å². The molecule has 4 heteroatoms. The van der Waals surface area contributed by atoms with E-state index in [-0.39, 0.29) is 23.4 Å². The molecule has 0 aromatic heterocycles. The largest absolute Gasteiger partial charge is 0.363 e. The van der Waals surface area contributed by atoms with Crippen LogP contribution in [0.5, 0.6) is 0 Å². The van der Waals surface area contributed by atoms with Crippen molar-refractivity contribution in [2.75, 3.05) is 13.1 Å². The van der Waals surface area contributed by atoms with Gasteiger partial charge in [-0.05, 0) is 26.3 Å². The average molecular weight is 301 g/mol. The summed E-state index contributed by atoms with van der Waals surface area (Å²) < 4.78 is 18.7. The molecule has 0 radical (unpaired) electrons. The Kier molecular flexibility index (Phi) is 2.41. The molecule has 4 nitrogen and oxygen atoms in total. The first-order valence-corrected chi connectivity index (χ1v) is 8.25. The second kappa shape index (κ2) is 3.93. The fourth-order valence-corrected chi connectivity index (χ4v) is 5.10. The van der Waals surface area contributed by atoms with Gasteiger partial charge in [-0.1, -0.05) is 30.3 Å². The Morgan fingerprint density at radius 1 is 1.09 bits per heavy atom. The molecule has 1 aromatic rings. The lowest BCUT2D eigenvalue weighted by molar-refractivity contribution is -0.172. The summed E-state index contributed by atoms with van der Waals surface area (Å²) in [5.41, 5.74) is 1.12. The SMILES string of the molecule is CC1(C)O[C@H]2[C@H]3O[C@@]3(C)[C@@H]3CN(Cc4ccccc4)C[C@]23O1. The zero-order chi connectivity index (χ0) is 15.2. The Morgan fingerprint density at radius 3 is 2.64 bits per heavy atom. The summed E-state index contributed by atoms with van der Waals surface area (Å²) in [7, 11) is 0. The van der Waals surface area contributed by atoms with Gasteiger partial charge in [0, 0.05) is 25.6 Å². The predicted molar refractivity (Wildman–Crippen MR) is 81.3 cm³/mol. The quantitative estimate of drug-likeness (QED) is 0.784. The highest BCUT2D eigenvalue weighted by atomic mass is 16.8. The van der Waals surface area contributed by atoms with Crippen molar-refractivity contribution < 1.29 is 14.2 Å². The molecular weight excluding hydrogens is 278 g/mol. The van der Waals surface area contributed by atoms with Crippen LogP contribution in [-0.4, -0.2) is 47.2 Å². The molecule has 1 aromatic carbocycles. The van der Waals surface area contributed by atoms with Crippen LogP contribution in [0.25, 0.3) is 0 Å². The van der Waals surface area contributed by atoms with Crippen LogP contribution in [0.2, 0.25) is 0 Å². The minimum absolute atomic E-state index is 0.0490. The van der Waals surface area contributed by atoms with Gasteiger partial charge in [-0.2, -0.15) is 0 Å². The van der Waals surface area contributed by atoms with E-state index < -0.39 is 5.79 Å². The van der Waals surface area contributed by atoms with E-state index in [2.05, 4.69) is 42.2 Å². The number of nitrogens with zero attached hydrogens (tertiary/aromatic N) is 1. The highest BCUT2D eigenvalue weighted by Gasteiger charge is 2.83. The molecule has 22 heavy (non-hydrogen) atoms. The van der Waals surface area contributed by atoms with E-state index in [0.717, 1.165) is 19.6 Å². The van der Waals surface area contributed by atoms with Crippen LogP contribution in [-0.2, 0) is 20.8 Å². The van der Waals surface area contributed by atoms with E-state index in [9.17, 15) is 0 Å². The molecule has 0 N–H and O–H groups in total. The van der Waals surface area contributed by atoms with Gasteiger partial charge in [-0.25, -0.2) is 0 Å². The van der Waals surface area contributed by atoms with Crippen molar-refractivity contribution in [2.24, 2.45) is 5.92 Å². The zero-order valence-corrected chi connectivity index (χ0v) is 13.4. The molecule has 5 rings (SSSR count).